The van der Waals surface area contributed by atoms with Crippen molar-refractivity contribution in [2.45, 2.75) is 32.2 Å². The number of fused-ring (bicyclic) bond motifs is 1. The Balaban J connectivity index is 1.19. The van der Waals surface area contributed by atoms with Crippen molar-refractivity contribution < 1.29 is 14.0 Å². The highest BCUT2D eigenvalue weighted by Crippen LogP contribution is 2.31. The van der Waals surface area contributed by atoms with Gasteiger partial charge in [0.1, 0.15) is 4.60 Å². The van der Waals surface area contributed by atoms with Crippen LogP contribution in [0.15, 0.2) is 39.5 Å². The lowest BCUT2D eigenvalue weighted by atomic mass is 10.1. The number of hydrogen-bond donors (Lipinski definition) is 2. The van der Waals surface area contributed by atoms with Gasteiger partial charge in [-0.25, -0.2) is 9.67 Å². The van der Waals surface area contributed by atoms with Crippen LogP contribution in [0.3, 0.4) is 0 Å². The molecule has 4 aromatic rings. The third kappa shape index (κ3) is 4.66. The number of nitrogens with zero attached hydrogens (tertiary/aromatic N) is 7. The van der Waals surface area contributed by atoms with Gasteiger partial charge in [0.05, 0.1) is 17.6 Å². The van der Waals surface area contributed by atoms with Crippen LogP contribution in [-0.4, -0.2) is 72.3 Å². The predicted octanol–water partition coefficient (Wildman–Crippen LogP) is 2.48. The summed E-state index contributed by atoms with van der Waals surface area (Å²) in [6, 6.07) is 7.69. The Hall–Kier alpha value is -3.87. The normalized spacial score (nSPS) is 19.8. The highest BCUT2D eigenvalue weighted by molar-refractivity contribution is 9.10. The van der Waals surface area contributed by atoms with E-state index in [9.17, 15) is 9.59 Å². The lowest BCUT2D eigenvalue weighted by Crippen LogP contribution is -2.51. The van der Waals surface area contributed by atoms with Crippen LogP contribution in [-0.2, 0) is 9.59 Å². The minimum absolute atomic E-state index is 0.0525. The molecule has 1 aromatic carbocycles. The molecule has 2 N–H and O–H groups in total. The summed E-state index contributed by atoms with van der Waals surface area (Å²) in [5.41, 5.74) is 2.28. The Morgan fingerprint density at radius 1 is 1.22 bits per heavy atom. The molecule has 1 saturated heterocycles. The molecule has 1 aliphatic heterocycles. The highest BCUT2D eigenvalue weighted by atomic mass is 79.9. The Morgan fingerprint density at radius 3 is 2.81 bits per heavy atom. The molecule has 12 nitrogen and oxygen atoms in total. The Bertz CT molecular complexity index is 1480. The number of rotatable bonds is 5. The van der Waals surface area contributed by atoms with E-state index in [-0.39, 0.29) is 30.3 Å². The maximum absolute atomic E-state index is 12.9. The molecule has 2 aliphatic rings. The average molecular weight is 566 g/mol. The monoisotopic (exact) mass is 565 g/mol. The third-order valence-corrected chi connectivity index (χ3v) is 7.32. The van der Waals surface area contributed by atoms with Gasteiger partial charge in [0.2, 0.25) is 29.5 Å². The van der Waals surface area contributed by atoms with Gasteiger partial charge in [0, 0.05) is 43.7 Å². The SMILES string of the molecule is Cc1nnc(-c2ccc(-n3nc(Br)c4cnc(N[C@@H]5CC[C@@H](C(=O)N6CCNC(=O)C6)C5)nc43)cc2)o1. The molecule has 3 aromatic heterocycles. The number of benzene rings is 1. The van der Waals surface area contributed by atoms with E-state index in [0.29, 0.717) is 47.5 Å². The van der Waals surface area contributed by atoms with Crippen LogP contribution in [0.1, 0.15) is 25.2 Å². The Morgan fingerprint density at radius 2 is 2.05 bits per heavy atom. The summed E-state index contributed by atoms with van der Waals surface area (Å²) in [5, 5.41) is 19.5. The van der Waals surface area contributed by atoms with Gasteiger partial charge in [-0.3, -0.25) is 9.59 Å². The highest BCUT2D eigenvalue weighted by Gasteiger charge is 2.34. The molecule has 190 valence electrons. The number of hydrogen-bond acceptors (Lipinski definition) is 9. The number of aromatic nitrogens is 6. The van der Waals surface area contributed by atoms with E-state index in [0.717, 1.165) is 29.5 Å². The topological polar surface area (TPSA) is 144 Å². The van der Waals surface area contributed by atoms with Crippen molar-refractivity contribution in [1.29, 1.82) is 0 Å². The van der Waals surface area contributed by atoms with Crippen molar-refractivity contribution in [1.82, 2.24) is 40.2 Å². The lowest BCUT2D eigenvalue weighted by molar-refractivity contribution is -0.141. The van der Waals surface area contributed by atoms with E-state index in [2.05, 4.69) is 46.8 Å². The summed E-state index contributed by atoms with van der Waals surface area (Å²) in [6.07, 6.45) is 4.01. The fourth-order valence-electron chi connectivity index (χ4n) is 4.88. The minimum Gasteiger partial charge on any atom is -0.421 e. The molecular formula is C24H24BrN9O3. The van der Waals surface area contributed by atoms with Crippen molar-refractivity contribution >= 4 is 44.7 Å². The quantitative estimate of drug-likeness (QED) is 0.372. The van der Waals surface area contributed by atoms with Gasteiger partial charge < -0.3 is 20.0 Å². The molecule has 37 heavy (non-hydrogen) atoms. The molecule has 2 fully saturated rings. The number of amides is 2. The van der Waals surface area contributed by atoms with Crippen LogP contribution in [0, 0.1) is 12.8 Å². The molecule has 6 rings (SSSR count). The molecular weight excluding hydrogens is 542 g/mol. The van der Waals surface area contributed by atoms with E-state index < -0.39 is 0 Å². The van der Waals surface area contributed by atoms with Crippen molar-refractivity contribution in [2.24, 2.45) is 5.92 Å². The zero-order chi connectivity index (χ0) is 25.5. The smallest absolute Gasteiger partial charge is 0.247 e. The molecule has 0 spiro atoms. The number of carbonyl (C=O) groups is 2. The van der Waals surface area contributed by atoms with E-state index in [4.69, 9.17) is 9.40 Å². The molecule has 0 unspecified atom stereocenters. The van der Waals surface area contributed by atoms with Gasteiger partial charge in [-0.1, -0.05) is 0 Å². The van der Waals surface area contributed by atoms with Crippen molar-refractivity contribution in [3.05, 3.63) is 41.0 Å². The second-order valence-electron chi connectivity index (χ2n) is 9.27. The number of aryl methyl sites for hydroxylation is 1. The van der Waals surface area contributed by atoms with E-state index in [1.807, 2.05) is 24.3 Å². The van der Waals surface area contributed by atoms with E-state index in [1.54, 1.807) is 22.7 Å². The summed E-state index contributed by atoms with van der Waals surface area (Å²) in [6.45, 7) is 2.96. The fourth-order valence-corrected chi connectivity index (χ4v) is 5.32. The minimum atomic E-state index is -0.104. The molecule has 2 atom stereocenters. The van der Waals surface area contributed by atoms with E-state index in [1.165, 1.54) is 0 Å². The molecule has 13 heteroatoms. The first-order valence-electron chi connectivity index (χ1n) is 12.1. The van der Waals surface area contributed by atoms with Crippen molar-refractivity contribution in [3.8, 4) is 17.1 Å². The number of piperazine rings is 1. The first-order valence-corrected chi connectivity index (χ1v) is 12.9. The second-order valence-corrected chi connectivity index (χ2v) is 10.0. The van der Waals surface area contributed by atoms with Gasteiger partial charge >= 0.3 is 0 Å². The van der Waals surface area contributed by atoms with Gasteiger partial charge in [0.15, 0.2) is 5.65 Å². The van der Waals surface area contributed by atoms with Gasteiger partial charge in [-0.05, 0) is 59.5 Å². The largest absolute Gasteiger partial charge is 0.421 e. The Kier molecular flexibility index (Phi) is 6.07. The summed E-state index contributed by atoms with van der Waals surface area (Å²) in [4.78, 5) is 35.5. The maximum atomic E-state index is 12.9. The van der Waals surface area contributed by atoms with Crippen LogP contribution >= 0.6 is 15.9 Å². The average Bonchev–Trinajstić information content (AvgIpc) is 3.63. The number of nitrogens with one attached hydrogen (secondary N) is 2. The van der Waals surface area contributed by atoms with Gasteiger partial charge in [-0.2, -0.15) is 10.1 Å². The van der Waals surface area contributed by atoms with Crippen LogP contribution in [0.25, 0.3) is 28.2 Å². The first kappa shape index (κ1) is 23.5. The molecule has 0 bridgehead atoms. The van der Waals surface area contributed by atoms with Crippen molar-refractivity contribution in [2.75, 3.05) is 25.0 Å². The van der Waals surface area contributed by atoms with Crippen LogP contribution in [0.5, 0.6) is 0 Å². The fraction of sp³-hybridized carbons (Fsp3) is 0.375. The number of halogens is 1. The molecule has 0 radical (unpaired) electrons. The van der Waals surface area contributed by atoms with Crippen LogP contribution in [0.4, 0.5) is 5.95 Å². The Labute approximate surface area is 220 Å². The van der Waals surface area contributed by atoms with Gasteiger partial charge in [-0.15, -0.1) is 10.2 Å². The summed E-state index contributed by atoms with van der Waals surface area (Å²) < 4.78 is 7.90. The number of anilines is 1. The summed E-state index contributed by atoms with van der Waals surface area (Å²) in [5.74, 6) is 1.30. The molecule has 2 amide bonds. The standard InChI is InChI=1S/C24H24BrN9O3/c1-13-30-31-22(37-13)14-3-6-17(7-4-14)34-21-18(20(25)32-34)11-27-24(29-21)28-16-5-2-15(10-16)23(36)33-9-8-26-19(35)12-33/h3-4,6-7,11,15-16H,2,5,8-10,12H2,1H3,(H,26,35)(H,27,28,29)/t15-,16-/m1/s1. The molecule has 4 heterocycles. The van der Waals surface area contributed by atoms with Gasteiger partial charge in [0.25, 0.3) is 0 Å². The first-order chi connectivity index (χ1) is 17.9. The summed E-state index contributed by atoms with van der Waals surface area (Å²) >= 11 is 3.51. The second kappa shape index (κ2) is 9.54. The zero-order valence-electron chi connectivity index (χ0n) is 20.0. The lowest BCUT2D eigenvalue weighted by Gasteiger charge is -2.29. The van der Waals surface area contributed by atoms with Crippen LogP contribution < -0.4 is 10.6 Å². The predicted molar refractivity (Wildman–Crippen MR) is 137 cm³/mol. The summed E-state index contributed by atoms with van der Waals surface area (Å²) in [7, 11) is 0. The maximum Gasteiger partial charge on any atom is 0.247 e. The van der Waals surface area contributed by atoms with Crippen molar-refractivity contribution in [3.63, 3.8) is 0 Å². The van der Waals surface area contributed by atoms with E-state index >= 15 is 0 Å². The molecule has 1 aliphatic carbocycles. The third-order valence-electron chi connectivity index (χ3n) is 6.73. The molecule has 1 saturated carbocycles. The zero-order valence-corrected chi connectivity index (χ0v) is 21.6. The van der Waals surface area contributed by atoms with Crippen LogP contribution in [0.2, 0.25) is 0 Å². The number of carbonyl (C=O) groups excluding carboxylic acids is 2.